The van der Waals surface area contributed by atoms with Crippen molar-refractivity contribution in [3.05, 3.63) is 30.3 Å². The minimum atomic E-state index is 0. The van der Waals surface area contributed by atoms with E-state index in [2.05, 4.69) is 22.3 Å². The van der Waals surface area contributed by atoms with Gasteiger partial charge in [-0.3, -0.25) is 4.99 Å². The van der Waals surface area contributed by atoms with Crippen LogP contribution in [0.25, 0.3) is 0 Å². The number of halogens is 1. The first kappa shape index (κ1) is 19.2. The third-order valence-electron chi connectivity index (χ3n) is 3.60. The number of rotatable bonds is 6. The molecule has 5 heteroatoms. The SMILES string of the molecule is CCOCCCN=C(Nc1ccccc1)N1CCCCC1.I. The molecule has 1 aromatic carbocycles. The fourth-order valence-electron chi connectivity index (χ4n) is 2.47. The van der Waals surface area contributed by atoms with Crippen LogP contribution in [-0.4, -0.2) is 43.7 Å². The van der Waals surface area contributed by atoms with Crippen molar-refractivity contribution in [2.45, 2.75) is 32.6 Å². The van der Waals surface area contributed by atoms with Crippen molar-refractivity contribution in [1.29, 1.82) is 0 Å². The molecule has 0 unspecified atom stereocenters. The first-order valence-corrected chi connectivity index (χ1v) is 8.09. The molecule has 1 heterocycles. The lowest BCUT2D eigenvalue weighted by Gasteiger charge is -2.30. The Labute approximate surface area is 151 Å². The van der Waals surface area contributed by atoms with Crippen molar-refractivity contribution >= 4 is 35.6 Å². The summed E-state index contributed by atoms with van der Waals surface area (Å²) in [5, 5.41) is 3.47. The number of para-hydroxylation sites is 1. The Morgan fingerprint density at radius 1 is 1.18 bits per heavy atom. The largest absolute Gasteiger partial charge is 0.382 e. The minimum Gasteiger partial charge on any atom is -0.382 e. The molecule has 1 N–H and O–H groups in total. The molecule has 0 spiro atoms. The van der Waals surface area contributed by atoms with E-state index in [1.165, 1.54) is 19.3 Å². The van der Waals surface area contributed by atoms with Crippen LogP contribution in [0.2, 0.25) is 0 Å². The van der Waals surface area contributed by atoms with Crippen LogP contribution in [-0.2, 0) is 4.74 Å². The molecule has 1 aliphatic heterocycles. The van der Waals surface area contributed by atoms with Crippen LogP contribution in [0.1, 0.15) is 32.6 Å². The molecule has 0 bridgehead atoms. The summed E-state index contributed by atoms with van der Waals surface area (Å²) in [6, 6.07) is 10.3. The predicted molar refractivity (Wildman–Crippen MR) is 104 cm³/mol. The first-order chi connectivity index (χ1) is 10.4. The van der Waals surface area contributed by atoms with Crippen molar-refractivity contribution in [3.8, 4) is 0 Å². The number of nitrogens with one attached hydrogen (secondary N) is 1. The number of ether oxygens (including phenoxy) is 1. The second kappa shape index (κ2) is 11.7. The molecule has 124 valence electrons. The van der Waals surface area contributed by atoms with E-state index in [0.717, 1.165) is 50.9 Å². The van der Waals surface area contributed by atoms with Gasteiger partial charge in [-0.15, -0.1) is 24.0 Å². The summed E-state index contributed by atoms with van der Waals surface area (Å²) in [5.74, 6) is 1.01. The van der Waals surface area contributed by atoms with Crippen molar-refractivity contribution in [2.75, 3.05) is 38.2 Å². The maximum absolute atomic E-state index is 5.38. The highest BCUT2D eigenvalue weighted by Gasteiger charge is 2.14. The fourth-order valence-corrected chi connectivity index (χ4v) is 2.47. The monoisotopic (exact) mass is 417 g/mol. The van der Waals surface area contributed by atoms with Crippen LogP contribution < -0.4 is 5.32 Å². The Kier molecular flexibility index (Phi) is 10.2. The molecule has 1 saturated heterocycles. The zero-order valence-electron chi connectivity index (χ0n) is 13.5. The van der Waals surface area contributed by atoms with Gasteiger partial charge in [-0.05, 0) is 44.7 Å². The Morgan fingerprint density at radius 2 is 1.91 bits per heavy atom. The van der Waals surface area contributed by atoms with E-state index in [4.69, 9.17) is 9.73 Å². The van der Waals surface area contributed by atoms with Gasteiger partial charge in [0.15, 0.2) is 5.96 Å². The molecule has 2 rings (SSSR count). The van der Waals surface area contributed by atoms with Crippen molar-refractivity contribution in [1.82, 2.24) is 4.90 Å². The van der Waals surface area contributed by atoms with E-state index in [1.54, 1.807) is 0 Å². The summed E-state index contributed by atoms with van der Waals surface area (Å²) in [6.07, 6.45) is 4.82. The number of nitrogens with zero attached hydrogens (tertiary/aromatic N) is 2. The predicted octanol–water partition coefficient (Wildman–Crippen LogP) is 3.99. The smallest absolute Gasteiger partial charge is 0.198 e. The van der Waals surface area contributed by atoms with Gasteiger partial charge in [0.1, 0.15) is 0 Å². The molecule has 0 radical (unpaired) electrons. The summed E-state index contributed by atoms with van der Waals surface area (Å²) >= 11 is 0. The number of likely N-dealkylation sites (tertiary alicyclic amines) is 1. The lowest BCUT2D eigenvalue weighted by atomic mass is 10.1. The quantitative estimate of drug-likeness (QED) is 0.329. The number of hydrogen-bond donors (Lipinski definition) is 1. The lowest BCUT2D eigenvalue weighted by Crippen LogP contribution is -2.40. The molecular weight excluding hydrogens is 389 g/mol. The van der Waals surface area contributed by atoms with Gasteiger partial charge in [0.2, 0.25) is 0 Å². The molecule has 0 aromatic heterocycles. The van der Waals surface area contributed by atoms with Crippen LogP contribution in [0.5, 0.6) is 0 Å². The van der Waals surface area contributed by atoms with Gasteiger partial charge in [0.05, 0.1) is 0 Å². The third kappa shape index (κ3) is 6.96. The molecular formula is C17H28IN3O. The van der Waals surface area contributed by atoms with Crippen LogP contribution in [0.15, 0.2) is 35.3 Å². The molecule has 1 aromatic rings. The number of anilines is 1. The molecule has 22 heavy (non-hydrogen) atoms. The number of piperidine rings is 1. The number of hydrogen-bond acceptors (Lipinski definition) is 2. The number of aliphatic imine (C=N–C) groups is 1. The highest BCUT2D eigenvalue weighted by molar-refractivity contribution is 14.0. The summed E-state index contributed by atoms with van der Waals surface area (Å²) < 4.78 is 5.38. The lowest BCUT2D eigenvalue weighted by molar-refractivity contribution is 0.146. The third-order valence-corrected chi connectivity index (χ3v) is 3.60. The second-order valence-corrected chi connectivity index (χ2v) is 5.29. The maximum Gasteiger partial charge on any atom is 0.198 e. The van der Waals surface area contributed by atoms with Crippen LogP contribution in [0.3, 0.4) is 0 Å². The van der Waals surface area contributed by atoms with Gasteiger partial charge >= 0.3 is 0 Å². The Balaban J connectivity index is 0.00000242. The summed E-state index contributed by atoms with van der Waals surface area (Å²) in [6.45, 7) is 6.61. The molecule has 1 aliphatic rings. The maximum atomic E-state index is 5.38. The van der Waals surface area contributed by atoms with E-state index in [-0.39, 0.29) is 24.0 Å². The summed E-state index contributed by atoms with van der Waals surface area (Å²) in [4.78, 5) is 7.14. The normalized spacial score (nSPS) is 15.3. The van der Waals surface area contributed by atoms with Gasteiger partial charge in [0.25, 0.3) is 0 Å². The van der Waals surface area contributed by atoms with Crippen LogP contribution >= 0.6 is 24.0 Å². The fraction of sp³-hybridized carbons (Fsp3) is 0.588. The Hall–Kier alpha value is -0.820. The zero-order valence-corrected chi connectivity index (χ0v) is 15.8. The number of benzene rings is 1. The van der Waals surface area contributed by atoms with E-state index >= 15 is 0 Å². The molecule has 0 saturated carbocycles. The Morgan fingerprint density at radius 3 is 2.59 bits per heavy atom. The average molecular weight is 417 g/mol. The van der Waals surface area contributed by atoms with E-state index < -0.39 is 0 Å². The number of guanidine groups is 1. The van der Waals surface area contributed by atoms with E-state index in [9.17, 15) is 0 Å². The highest BCUT2D eigenvalue weighted by Crippen LogP contribution is 2.12. The molecule has 4 nitrogen and oxygen atoms in total. The molecule has 1 fully saturated rings. The van der Waals surface area contributed by atoms with Crippen molar-refractivity contribution in [2.24, 2.45) is 4.99 Å². The molecule has 0 atom stereocenters. The summed E-state index contributed by atoms with van der Waals surface area (Å²) in [5.41, 5.74) is 1.10. The zero-order chi connectivity index (χ0) is 14.8. The minimum absolute atomic E-state index is 0. The van der Waals surface area contributed by atoms with Gasteiger partial charge in [0, 0.05) is 38.5 Å². The second-order valence-electron chi connectivity index (χ2n) is 5.29. The molecule has 0 aliphatic carbocycles. The summed E-state index contributed by atoms with van der Waals surface area (Å²) in [7, 11) is 0. The average Bonchev–Trinajstić information content (AvgIpc) is 2.55. The van der Waals surface area contributed by atoms with Gasteiger partial charge in [-0.1, -0.05) is 18.2 Å². The topological polar surface area (TPSA) is 36.9 Å². The van der Waals surface area contributed by atoms with Crippen LogP contribution in [0.4, 0.5) is 5.69 Å². The first-order valence-electron chi connectivity index (χ1n) is 8.09. The Bertz CT molecular complexity index is 419. The standard InChI is InChI=1S/C17H27N3O.HI/c1-2-21-15-9-12-18-17(20-13-7-4-8-14-20)19-16-10-5-3-6-11-16;/h3,5-6,10-11H,2,4,7-9,12-15H2,1H3,(H,18,19);1H. The highest BCUT2D eigenvalue weighted by atomic mass is 127. The van der Waals surface area contributed by atoms with Crippen molar-refractivity contribution in [3.63, 3.8) is 0 Å². The van der Waals surface area contributed by atoms with E-state index in [0.29, 0.717) is 0 Å². The van der Waals surface area contributed by atoms with E-state index in [1.807, 2.05) is 25.1 Å². The van der Waals surface area contributed by atoms with Gasteiger partial charge in [-0.2, -0.15) is 0 Å². The van der Waals surface area contributed by atoms with Crippen molar-refractivity contribution < 1.29 is 4.74 Å². The molecule has 0 amide bonds. The van der Waals surface area contributed by atoms with Gasteiger partial charge in [-0.25, -0.2) is 0 Å². The van der Waals surface area contributed by atoms with Crippen LogP contribution in [0, 0.1) is 0 Å². The van der Waals surface area contributed by atoms with Gasteiger partial charge < -0.3 is 15.0 Å².